The molecule has 0 bridgehead atoms. The highest BCUT2D eigenvalue weighted by Gasteiger charge is 2.32. The average Bonchev–Trinajstić information content (AvgIpc) is 2.70. The Morgan fingerprint density at radius 1 is 1.40 bits per heavy atom. The summed E-state index contributed by atoms with van der Waals surface area (Å²) in [5.41, 5.74) is 1.54. The van der Waals surface area contributed by atoms with E-state index in [1.54, 1.807) is 4.90 Å². The van der Waals surface area contributed by atoms with Gasteiger partial charge in [-0.05, 0) is 24.6 Å². The zero-order valence-electron chi connectivity index (χ0n) is 12.1. The Labute approximate surface area is 119 Å². The van der Waals surface area contributed by atoms with Crippen molar-refractivity contribution >= 4 is 23.2 Å². The third-order valence-electron chi connectivity index (χ3n) is 3.22. The van der Waals surface area contributed by atoms with Crippen LogP contribution in [0.15, 0.2) is 24.3 Å². The van der Waals surface area contributed by atoms with Crippen molar-refractivity contribution in [1.82, 2.24) is 5.32 Å². The van der Waals surface area contributed by atoms with Gasteiger partial charge >= 0.3 is 0 Å². The summed E-state index contributed by atoms with van der Waals surface area (Å²) in [6, 6.07) is 7.55. The molecule has 0 spiro atoms. The fourth-order valence-corrected chi connectivity index (χ4v) is 2.45. The van der Waals surface area contributed by atoms with Gasteiger partial charge in [0.1, 0.15) is 0 Å². The molecule has 5 heteroatoms. The summed E-state index contributed by atoms with van der Waals surface area (Å²) in [7, 11) is 0. The van der Waals surface area contributed by atoms with Gasteiger partial charge in [0.2, 0.25) is 11.8 Å². The zero-order chi connectivity index (χ0) is 14.7. The number of amides is 2. The number of carbonyl (C=O) groups is 2. The highest BCUT2D eigenvalue weighted by atomic mass is 16.2. The summed E-state index contributed by atoms with van der Waals surface area (Å²) in [5.74, 6) is -0.0204. The molecule has 1 unspecified atom stereocenters. The quantitative estimate of drug-likeness (QED) is 0.880. The lowest BCUT2D eigenvalue weighted by Gasteiger charge is -2.19. The van der Waals surface area contributed by atoms with Gasteiger partial charge < -0.3 is 15.5 Å². The monoisotopic (exact) mass is 275 g/mol. The molecular weight excluding hydrogens is 254 g/mol. The number of hydrogen-bond donors (Lipinski definition) is 2. The summed E-state index contributed by atoms with van der Waals surface area (Å²) in [6.07, 6.45) is 0.807. The Kier molecular flexibility index (Phi) is 4.39. The fourth-order valence-electron chi connectivity index (χ4n) is 2.45. The van der Waals surface area contributed by atoms with Gasteiger partial charge in [0.05, 0.1) is 6.04 Å². The van der Waals surface area contributed by atoms with E-state index in [9.17, 15) is 9.59 Å². The Morgan fingerprint density at radius 2 is 2.15 bits per heavy atom. The predicted octanol–water partition coefficient (Wildman–Crippen LogP) is 1.75. The van der Waals surface area contributed by atoms with Crippen LogP contribution in [-0.4, -0.2) is 30.4 Å². The molecule has 1 fully saturated rings. The molecule has 1 aromatic rings. The maximum absolute atomic E-state index is 12.4. The van der Waals surface area contributed by atoms with Crippen LogP contribution >= 0.6 is 0 Å². The van der Waals surface area contributed by atoms with Crippen LogP contribution in [0.1, 0.15) is 27.2 Å². The van der Waals surface area contributed by atoms with Crippen molar-refractivity contribution in [2.75, 3.05) is 16.8 Å². The first kappa shape index (κ1) is 14.5. The van der Waals surface area contributed by atoms with Crippen molar-refractivity contribution in [1.29, 1.82) is 0 Å². The van der Waals surface area contributed by atoms with Crippen LogP contribution < -0.4 is 15.5 Å². The van der Waals surface area contributed by atoms with Gasteiger partial charge in [-0.2, -0.15) is 0 Å². The lowest BCUT2D eigenvalue weighted by molar-refractivity contribution is -0.119. The maximum Gasteiger partial charge on any atom is 0.244 e. The van der Waals surface area contributed by atoms with Crippen LogP contribution in [0.25, 0.3) is 0 Å². The topological polar surface area (TPSA) is 61.4 Å². The Balaban J connectivity index is 2.12. The minimum Gasteiger partial charge on any atom is -0.326 e. The number of anilines is 2. The van der Waals surface area contributed by atoms with E-state index in [4.69, 9.17) is 0 Å². The van der Waals surface area contributed by atoms with Crippen LogP contribution in [0.4, 0.5) is 11.4 Å². The lowest BCUT2D eigenvalue weighted by atomic mass is 10.2. The minimum atomic E-state index is -0.116. The molecule has 0 saturated carbocycles. The molecule has 0 aromatic heterocycles. The van der Waals surface area contributed by atoms with Gasteiger partial charge in [-0.25, -0.2) is 0 Å². The second kappa shape index (κ2) is 6.05. The third kappa shape index (κ3) is 3.36. The van der Waals surface area contributed by atoms with Gasteiger partial charge in [-0.3, -0.25) is 9.59 Å². The van der Waals surface area contributed by atoms with E-state index in [1.807, 2.05) is 38.1 Å². The second-order valence-corrected chi connectivity index (χ2v) is 5.38. The molecular formula is C15H21N3O2. The van der Waals surface area contributed by atoms with E-state index in [0.717, 1.165) is 12.1 Å². The number of hydrogen-bond acceptors (Lipinski definition) is 3. The smallest absolute Gasteiger partial charge is 0.244 e. The highest BCUT2D eigenvalue weighted by molar-refractivity contribution is 6.00. The van der Waals surface area contributed by atoms with Crippen LogP contribution in [0, 0.1) is 0 Å². The minimum absolute atomic E-state index is 0.0960. The van der Waals surface area contributed by atoms with Crippen molar-refractivity contribution in [2.45, 2.75) is 39.3 Å². The van der Waals surface area contributed by atoms with E-state index in [2.05, 4.69) is 10.6 Å². The first-order valence-electron chi connectivity index (χ1n) is 6.92. The van der Waals surface area contributed by atoms with Crippen molar-refractivity contribution < 1.29 is 9.59 Å². The zero-order valence-corrected chi connectivity index (χ0v) is 12.1. The molecule has 1 atom stereocenters. The second-order valence-electron chi connectivity index (χ2n) is 5.38. The third-order valence-corrected chi connectivity index (χ3v) is 3.22. The van der Waals surface area contributed by atoms with Crippen LogP contribution in [0.3, 0.4) is 0 Å². The molecule has 2 amide bonds. The summed E-state index contributed by atoms with van der Waals surface area (Å²) < 4.78 is 0. The molecule has 0 aliphatic carbocycles. The molecule has 1 aliphatic rings. The fraction of sp³-hybridized carbons (Fsp3) is 0.467. The molecule has 1 aliphatic heterocycles. The first-order chi connectivity index (χ1) is 9.47. The summed E-state index contributed by atoms with van der Waals surface area (Å²) >= 11 is 0. The van der Waals surface area contributed by atoms with Gasteiger partial charge in [0.25, 0.3) is 0 Å². The van der Waals surface area contributed by atoms with Gasteiger partial charge in [0.15, 0.2) is 0 Å². The lowest BCUT2D eigenvalue weighted by Crippen LogP contribution is -2.41. The van der Waals surface area contributed by atoms with E-state index < -0.39 is 0 Å². The van der Waals surface area contributed by atoms with Gasteiger partial charge in [-0.1, -0.05) is 19.9 Å². The van der Waals surface area contributed by atoms with Gasteiger partial charge in [-0.15, -0.1) is 0 Å². The molecule has 1 aromatic carbocycles. The highest BCUT2D eigenvalue weighted by Crippen LogP contribution is 2.24. The van der Waals surface area contributed by atoms with E-state index in [1.165, 1.54) is 6.92 Å². The maximum atomic E-state index is 12.4. The molecule has 0 radical (unpaired) electrons. The van der Waals surface area contributed by atoms with Crippen molar-refractivity contribution in [3.63, 3.8) is 0 Å². The number of nitrogens with one attached hydrogen (secondary N) is 2. The average molecular weight is 275 g/mol. The first-order valence-corrected chi connectivity index (χ1v) is 6.92. The normalized spacial score (nSPS) is 18.7. The van der Waals surface area contributed by atoms with Crippen LogP contribution in [0.2, 0.25) is 0 Å². The summed E-state index contributed by atoms with van der Waals surface area (Å²) in [6.45, 7) is 6.24. The van der Waals surface area contributed by atoms with Crippen molar-refractivity contribution in [3.05, 3.63) is 24.3 Å². The van der Waals surface area contributed by atoms with Crippen LogP contribution in [-0.2, 0) is 9.59 Å². The Hall–Kier alpha value is -1.88. The van der Waals surface area contributed by atoms with E-state index >= 15 is 0 Å². The summed E-state index contributed by atoms with van der Waals surface area (Å²) in [5, 5.41) is 6.01. The van der Waals surface area contributed by atoms with Crippen LogP contribution in [0.5, 0.6) is 0 Å². The summed E-state index contributed by atoms with van der Waals surface area (Å²) in [4.78, 5) is 25.2. The molecule has 108 valence electrons. The molecule has 2 rings (SSSR count). The van der Waals surface area contributed by atoms with Gasteiger partial charge in [0, 0.05) is 30.9 Å². The number of benzene rings is 1. The number of carbonyl (C=O) groups excluding carboxylic acids is 2. The standard InChI is InChI=1S/C15H21N3O2/c1-10(2)16-14-7-8-18(15(14)20)13-6-4-5-12(9-13)17-11(3)19/h4-6,9-10,14,16H,7-8H2,1-3H3,(H,17,19). The molecule has 5 nitrogen and oxygen atoms in total. The largest absolute Gasteiger partial charge is 0.326 e. The van der Waals surface area contributed by atoms with Crippen molar-refractivity contribution in [3.8, 4) is 0 Å². The Morgan fingerprint density at radius 3 is 2.80 bits per heavy atom. The van der Waals surface area contributed by atoms with E-state index in [0.29, 0.717) is 12.2 Å². The molecule has 2 N–H and O–H groups in total. The SMILES string of the molecule is CC(=O)Nc1cccc(N2CCC(NC(C)C)C2=O)c1. The molecule has 20 heavy (non-hydrogen) atoms. The van der Waals surface area contributed by atoms with E-state index in [-0.39, 0.29) is 23.9 Å². The molecule has 1 heterocycles. The Bertz CT molecular complexity index is 514. The number of rotatable bonds is 4. The predicted molar refractivity (Wildman–Crippen MR) is 79.8 cm³/mol. The number of nitrogens with zero attached hydrogens (tertiary/aromatic N) is 1. The molecule has 1 saturated heterocycles. The van der Waals surface area contributed by atoms with Crippen molar-refractivity contribution in [2.24, 2.45) is 0 Å².